The molecule has 0 aliphatic carbocycles. The Bertz CT molecular complexity index is 1120. The van der Waals surface area contributed by atoms with Gasteiger partial charge in [0.05, 0.1) is 25.1 Å². The second-order valence-corrected chi connectivity index (χ2v) is 6.14. The summed E-state index contributed by atoms with van der Waals surface area (Å²) < 4.78 is 12.1. The van der Waals surface area contributed by atoms with E-state index in [1.54, 1.807) is 24.7 Å². The lowest BCUT2D eigenvalue weighted by atomic mass is 10.1. The van der Waals surface area contributed by atoms with Crippen LogP contribution in [0.1, 0.15) is 17.3 Å². The Balaban J connectivity index is 1.91. The van der Waals surface area contributed by atoms with Crippen LogP contribution in [-0.4, -0.2) is 34.3 Å². The lowest BCUT2D eigenvalue weighted by Gasteiger charge is -2.10. The van der Waals surface area contributed by atoms with Gasteiger partial charge < -0.3 is 9.47 Å². The predicted octanol–water partition coefficient (Wildman–Crippen LogP) is 4.25. The number of carbonyl (C=O) groups is 1. The molecule has 2 aromatic carbocycles. The monoisotopic (exact) mass is 373 g/mol. The van der Waals surface area contributed by atoms with Crippen LogP contribution in [0.3, 0.4) is 0 Å². The molecular formula is C22H19N3O3. The van der Waals surface area contributed by atoms with Crippen LogP contribution in [0.4, 0.5) is 0 Å². The molecule has 0 bridgehead atoms. The number of ether oxygens (including phenoxy) is 2. The third-order valence-corrected chi connectivity index (χ3v) is 4.41. The van der Waals surface area contributed by atoms with E-state index in [1.165, 1.54) is 0 Å². The fraction of sp³-hybridized carbons (Fsp3) is 0.136. The topological polar surface area (TPSA) is 65.7 Å². The first-order valence-electron chi connectivity index (χ1n) is 8.97. The van der Waals surface area contributed by atoms with Crippen LogP contribution in [0.25, 0.3) is 28.2 Å². The summed E-state index contributed by atoms with van der Waals surface area (Å²) >= 11 is 0. The molecule has 6 nitrogen and oxygen atoms in total. The summed E-state index contributed by atoms with van der Waals surface area (Å²) in [6.07, 6.45) is 1.55. The van der Waals surface area contributed by atoms with Gasteiger partial charge in [0, 0.05) is 23.4 Å². The van der Waals surface area contributed by atoms with Gasteiger partial charge in [0.2, 0.25) is 0 Å². The molecule has 0 atom stereocenters. The molecule has 2 heterocycles. The average Bonchev–Trinajstić information content (AvgIpc) is 3.18. The summed E-state index contributed by atoms with van der Waals surface area (Å²) in [6, 6.07) is 19.2. The minimum absolute atomic E-state index is 0.293. The van der Waals surface area contributed by atoms with Crippen LogP contribution in [0.15, 0.2) is 66.9 Å². The van der Waals surface area contributed by atoms with Crippen molar-refractivity contribution in [3.63, 3.8) is 0 Å². The fourth-order valence-corrected chi connectivity index (χ4v) is 3.07. The van der Waals surface area contributed by atoms with Crippen molar-refractivity contribution in [3.8, 4) is 28.3 Å². The smallest absolute Gasteiger partial charge is 0.341 e. The Morgan fingerprint density at radius 2 is 1.79 bits per heavy atom. The van der Waals surface area contributed by atoms with E-state index in [9.17, 15) is 4.79 Å². The predicted molar refractivity (Wildman–Crippen MR) is 106 cm³/mol. The molecule has 4 aromatic rings. The number of carbonyl (C=O) groups excluding carboxylic acids is 1. The number of esters is 1. The first-order valence-corrected chi connectivity index (χ1v) is 8.97. The van der Waals surface area contributed by atoms with E-state index in [0.29, 0.717) is 23.5 Å². The van der Waals surface area contributed by atoms with Gasteiger partial charge in [-0.05, 0) is 31.2 Å². The summed E-state index contributed by atoms with van der Waals surface area (Å²) in [5.74, 6) is 0.359. The van der Waals surface area contributed by atoms with E-state index in [4.69, 9.17) is 14.6 Å². The number of nitrogens with zero attached hydrogens (tertiary/aromatic N) is 3. The molecule has 6 heteroatoms. The SMILES string of the molecule is CCOC(=O)c1cnc2cc(-c3ccc(OC)cc3)nn2c1-c1ccccc1. The van der Waals surface area contributed by atoms with Crippen LogP contribution in [0.5, 0.6) is 5.75 Å². The Morgan fingerprint density at radius 1 is 1.04 bits per heavy atom. The number of benzene rings is 2. The van der Waals surface area contributed by atoms with Gasteiger partial charge in [-0.15, -0.1) is 0 Å². The standard InChI is InChI=1S/C22H19N3O3/c1-3-28-22(26)18-14-23-20-13-19(15-9-11-17(27-2)12-10-15)24-25(20)21(18)16-7-5-4-6-8-16/h4-14H,3H2,1-2H3. The quantitative estimate of drug-likeness (QED) is 0.489. The summed E-state index contributed by atoms with van der Waals surface area (Å²) in [6.45, 7) is 2.07. The van der Waals surface area contributed by atoms with Gasteiger partial charge >= 0.3 is 5.97 Å². The van der Waals surface area contributed by atoms with E-state index in [2.05, 4.69) is 4.98 Å². The second-order valence-electron chi connectivity index (χ2n) is 6.14. The number of fused-ring (bicyclic) bond motifs is 1. The fourth-order valence-electron chi connectivity index (χ4n) is 3.07. The molecule has 0 amide bonds. The van der Waals surface area contributed by atoms with E-state index < -0.39 is 5.97 Å². The van der Waals surface area contributed by atoms with Gasteiger partial charge in [0.25, 0.3) is 0 Å². The highest BCUT2D eigenvalue weighted by Crippen LogP contribution is 2.28. The van der Waals surface area contributed by atoms with E-state index in [-0.39, 0.29) is 0 Å². The molecule has 0 aliphatic rings. The van der Waals surface area contributed by atoms with E-state index in [1.807, 2.05) is 60.7 Å². The van der Waals surface area contributed by atoms with Crippen LogP contribution in [-0.2, 0) is 4.74 Å². The number of hydrogen-bond acceptors (Lipinski definition) is 5. The molecule has 0 aliphatic heterocycles. The molecule has 2 aromatic heterocycles. The molecule has 0 radical (unpaired) electrons. The van der Waals surface area contributed by atoms with Crippen molar-refractivity contribution in [1.82, 2.24) is 14.6 Å². The number of hydrogen-bond donors (Lipinski definition) is 0. The van der Waals surface area contributed by atoms with E-state index >= 15 is 0 Å². The van der Waals surface area contributed by atoms with Gasteiger partial charge in [-0.2, -0.15) is 5.10 Å². The Hall–Kier alpha value is -3.67. The van der Waals surface area contributed by atoms with Crippen LogP contribution >= 0.6 is 0 Å². The van der Waals surface area contributed by atoms with Crippen molar-refractivity contribution in [3.05, 3.63) is 72.4 Å². The first-order chi connectivity index (χ1) is 13.7. The van der Waals surface area contributed by atoms with Gasteiger partial charge in [-0.1, -0.05) is 30.3 Å². The molecule has 0 saturated heterocycles. The molecule has 28 heavy (non-hydrogen) atoms. The zero-order valence-corrected chi connectivity index (χ0v) is 15.6. The third kappa shape index (κ3) is 3.20. The van der Waals surface area contributed by atoms with Crippen LogP contribution in [0.2, 0.25) is 0 Å². The summed E-state index contributed by atoms with van der Waals surface area (Å²) in [5.41, 5.74) is 4.24. The highest BCUT2D eigenvalue weighted by atomic mass is 16.5. The van der Waals surface area contributed by atoms with Crippen molar-refractivity contribution in [2.45, 2.75) is 6.92 Å². The average molecular weight is 373 g/mol. The van der Waals surface area contributed by atoms with Crippen molar-refractivity contribution in [2.75, 3.05) is 13.7 Å². The number of rotatable bonds is 5. The summed E-state index contributed by atoms with van der Waals surface area (Å²) in [4.78, 5) is 16.9. The Morgan fingerprint density at radius 3 is 2.46 bits per heavy atom. The molecule has 0 saturated carbocycles. The lowest BCUT2D eigenvalue weighted by Crippen LogP contribution is -2.11. The molecule has 0 N–H and O–H groups in total. The molecular weight excluding hydrogens is 354 g/mol. The maximum atomic E-state index is 12.5. The van der Waals surface area contributed by atoms with Crippen molar-refractivity contribution in [1.29, 1.82) is 0 Å². The number of aromatic nitrogens is 3. The first kappa shape index (κ1) is 17.7. The summed E-state index contributed by atoms with van der Waals surface area (Å²) in [7, 11) is 1.63. The zero-order valence-electron chi connectivity index (χ0n) is 15.6. The lowest BCUT2D eigenvalue weighted by molar-refractivity contribution is 0.0526. The van der Waals surface area contributed by atoms with Gasteiger partial charge in [-0.25, -0.2) is 14.3 Å². The normalized spacial score (nSPS) is 10.8. The Labute approximate surface area is 162 Å². The maximum absolute atomic E-state index is 12.5. The van der Waals surface area contributed by atoms with Gasteiger partial charge in [0.15, 0.2) is 5.65 Å². The second kappa shape index (κ2) is 7.52. The van der Waals surface area contributed by atoms with Crippen molar-refractivity contribution >= 4 is 11.6 Å². The van der Waals surface area contributed by atoms with E-state index in [0.717, 1.165) is 22.6 Å². The zero-order chi connectivity index (χ0) is 19.5. The third-order valence-electron chi connectivity index (χ3n) is 4.41. The summed E-state index contributed by atoms with van der Waals surface area (Å²) in [5, 5.41) is 4.72. The highest BCUT2D eigenvalue weighted by molar-refractivity contribution is 5.96. The largest absolute Gasteiger partial charge is 0.497 e. The highest BCUT2D eigenvalue weighted by Gasteiger charge is 2.20. The molecule has 140 valence electrons. The van der Waals surface area contributed by atoms with Gasteiger partial charge in [0.1, 0.15) is 11.3 Å². The Kier molecular flexibility index (Phi) is 4.76. The number of methoxy groups -OCH3 is 1. The van der Waals surface area contributed by atoms with Gasteiger partial charge in [-0.3, -0.25) is 0 Å². The minimum atomic E-state index is -0.419. The molecule has 0 spiro atoms. The maximum Gasteiger partial charge on any atom is 0.341 e. The minimum Gasteiger partial charge on any atom is -0.497 e. The van der Waals surface area contributed by atoms with Crippen LogP contribution < -0.4 is 4.74 Å². The van der Waals surface area contributed by atoms with Crippen molar-refractivity contribution < 1.29 is 14.3 Å². The van der Waals surface area contributed by atoms with Crippen LogP contribution in [0, 0.1) is 0 Å². The molecule has 0 fully saturated rings. The molecule has 0 unspecified atom stereocenters. The van der Waals surface area contributed by atoms with Crippen molar-refractivity contribution in [2.24, 2.45) is 0 Å². The molecule has 4 rings (SSSR count).